The Labute approximate surface area is 80.4 Å². The van der Waals surface area contributed by atoms with Crippen LogP contribution in [0.4, 0.5) is 0 Å². The van der Waals surface area contributed by atoms with Gasteiger partial charge in [0.1, 0.15) is 0 Å². The van der Waals surface area contributed by atoms with Crippen molar-refractivity contribution in [2.45, 2.75) is 26.3 Å². The van der Waals surface area contributed by atoms with Gasteiger partial charge >= 0.3 is 0 Å². The second-order valence-electron chi connectivity index (χ2n) is 4.09. The lowest BCUT2D eigenvalue weighted by atomic mass is 9.89. The van der Waals surface area contributed by atoms with Gasteiger partial charge in [-0.2, -0.15) is 0 Å². The molecule has 1 aliphatic rings. The Hall–Kier alpha value is -0.820. The van der Waals surface area contributed by atoms with Crippen LogP contribution in [0.25, 0.3) is 0 Å². The van der Waals surface area contributed by atoms with Gasteiger partial charge in [0.25, 0.3) is 0 Å². The summed E-state index contributed by atoms with van der Waals surface area (Å²) in [6.07, 6.45) is 1.32. The average Bonchev–Trinajstić information content (AvgIpc) is 2.09. The molecule has 0 spiro atoms. The highest BCUT2D eigenvalue weighted by molar-refractivity contribution is 5.37. The van der Waals surface area contributed by atoms with E-state index in [0.29, 0.717) is 6.04 Å². The summed E-state index contributed by atoms with van der Waals surface area (Å²) in [7, 11) is 2.21. The van der Waals surface area contributed by atoms with Crippen molar-refractivity contribution in [3.8, 4) is 0 Å². The summed E-state index contributed by atoms with van der Waals surface area (Å²) < 4.78 is 0. The molecule has 1 saturated heterocycles. The number of likely N-dealkylation sites (tertiary alicyclic amines) is 1. The van der Waals surface area contributed by atoms with Crippen LogP contribution in [-0.2, 0) is 0 Å². The normalized spacial score (nSPS) is 22.8. The fraction of sp³-hybridized carbons (Fsp3) is 0.500. The molecule has 0 aliphatic carbocycles. The Morgan fingerprint density at radius 3 is 2.23 bits per heavy atom. The number of hydrogen-bond donors (Lipinski definition) is 0. The third-order valence-corrected chi connectivity index (χ3v) is 3.16. The fourth-order valence-corrected chi connectivity index (χ4v) is 2.23. The SMILES string of the molecule is Cc1cccc(C)c1C1CCN1C. The first kappa shape index (κ1) is 8.76. The van der Waals surface area contributed by atoms with Crippen molar-refractivity contribution in [1.29, 1.82) is 0 Å². The van der Waals surface area contributed by atoms with Crippen LogP contribution in [0.3, 0.4) is 0 Å². The zero-order valence-electron chi connectivity index (χ0n) is 8.67. The van der Waals surface area contributed by atoms with Crippen molar-refractivity contribution in [2.75, 3.05) is 13.6 Å². The molecule has 13 heavy (non-hydrogen) atoms. The molecule has 1 fully saturated rings. The number of hydrogen-bond acceptors (Lipinski definition) is 1. The van der Waals surface area contributed by atoms with E-state index < -0.39 is 0 Å². The van der Waals surface area contributed by atoms with Gasteiger partial charge in [-0.15, -0.1) is 0 Å². The van der Waals surface area contributed by atoms with Gasteiger partial charge in [-0.05, 0) is 44.0 Å². The number of aryl methyl sites for hydroxylation is 2. The largest absolute Gasteiger partial charge is 0.299 e. The standard InChI is InChI=1S/C12H17N/c1-9-5-4-6-10(2)12(9)11-7-8-13(11)3/h4-6,11H,7-8H2,1-3H3. The van der Waals surface area contributed by atoms with Crippen molar-refractivity contribution in [3.63, 3.8) is 0 Å². The fourth-order valence-electron chi connectivity index (χ4n) is 2.23. The van der Waals surface area contributed by atoms with E-state index in [1.807, 2.05) is 0 Å². The Morgan fingerprint density at radius 2 is 1.85 bits per heavy atom. The molecule has 1 aliphatic heterocycles. The van der Waals surface area contributed by atoms with E-state index in [-0.39, 0.29) is 0 Å². The molecule has 70 valence electrons. The zero-order chi connectivity index (χ0) is 9.42. The van der Waals surface area contributed by atoms with E-state index in [0.717, 1.165) is 0 Å². The highest BCUT2D eigenvalue weighted by Crippen LogP contribution is 2.35. The molecule has 0 saturated carbocycles. The predicted octanol–water partition coefficient (Wildman–Crippen LogP) is 2.68. The summed E-state index contributed by atoms with van der Waals surface area (Å²) in [6.45, 7) is 5.68. The first-order valence-corrected chi connectivity index (χ1v) is 4.96. The van der Waals surface area contributed by atoms with Crippen molar-refractivity contribution in [1.82, 2.24) is 4.90 Å². The van der Waals surface area contributed by atoms with E-state index in [9.17, 15) is 0 Å². The predicted molar refractivity (Wildman–Crippen MR) is 55.9 cm³/mol. The minimum atomic E-state index is 0.682. The molecule has 0 aromatic heterocycles. The molecule has 1 aromatic carbocycles. The molecule has 1 nitrogen and oxygen atoms in total. The molecule has 0 bridgehead atoms. The van der Waals surface area contributed by atoms with Crippen LogP contribution in [0, 0.1) is 13.8 Å². The van der Waals surface area contributed by atoms with Crippen molar-refractivity contribution in [2.24, 2.45) is 0 Å². The Morgan fingerprint density at radius 1 is 1.23 bits per heavy atom. The third-order valence-electron chi connectivity index (χ3n) is 3.16. The molecule has 1 heterocycles. The molecular weight excluding hydrogens is 158 g/mol. The smallest absolute Gasteiger partial charge is 0.0362 e. The van der Waals surface area contributed by atoms with Gasteiger partial charge in [-0.3, -0.25) is 4.90 Å². The maximum Gasteiger partial charge on any atom is 0.0362 e. The summed E-state index contributed by atoms with van der Waals surface area (Å²) >= 11 is 0. The van der Waals surface area contributed by atoms with E-state index in [1.54, 1.807) is 5.56 Å². The van der Waals surface area contributed by atoms with Crippen molar-refractivity contribution < 1.29 is 0 Å². The summed E-state index contributed by atoms with van der Waals surface area (Å²) in [5.74, 6) is 0. The van der Waals surface area contributed by atoms with Gasteiger partial charge in [0, 0.05) is 12.6 Å². The molecule has 0 N–H and O–H groups in total. The molecular formula is C12H17N. The van der Waals surface area contributed by atoms with E-state index in [4.69, 9.17) is 0 Å². The third kappa shape index (κ3) is 1.37. The van der Waals surface area contributed by atoms with Crippen LogP contribution >= 0.6 is 0 Å². The van der Waals surface area contributed by atoms with Crippen LogP contribution in [0.1, 0.15) is 29.2 Å². The number of nitrogens with zero attached hydrogens (tertiary/aromatic N) is 1. The van der Waals surface area contributed by atoms with Crippen LogP contribution in [0.2, 0.25) is 0 Å². The van der Waals surface area contributed by atoms with Crippen LogP contribution < -0.4 is 0 Å². The summed E-state index contributed by atoms with van der Waals surface area (Å²) in [6, 6.07) is 7.26. The van der Waals surface area contributed by atoms with Crippen LogP contribution in [0.15, 0.2) is 18.2 Å². The maximum atomic E-state index is 2.43. The van der Waals surface area contributed by atoms with Gasteiger partial charge in [0.05, 0.1) is 0 Å². The summed E-state index contributed by atoms with van der Waals surface area (Å²) in [5, 5.41) is 0. The van der Waals surface area contributed by atoms with E-state index >= 15 is 0 Å². The first-order valence-electron chi connectivity index (χ1n) is 4.96. The van der Waals surface area contributed by atoms with Gasteiger partial charge in [-0.25, -0.2) is 0 Å². The molecule has 0 amide bonds. The van der Waals surface area contributed by atoms with Crippen molar-refractivity contribution >= 4 is 0 Å². The summed E-state index contributed by atoms with van der Waals surface area (Å²) in [4.78, 5) is 2.43. The molecule has 2 rings (SSSR count). The van der Waals surface area contributed by atoms with E-state index in [2.05, 4.69) is 44.0 Å². The van der Waals surface area contributed by atoms with Gasteiger partial charge < -0.3 is 0 Å². The zero-order valence-corrected chi connectivity index (χ0v) is 8.67. The van der Waals surface area contributed by atoms with Gasteiger partial charge in [-0.1, -0.05) is 18.2 Å². The minimum Gasteiger partial charge on any atom is -0.299 e. The summed E-state index contributed by atoms with van der Waals surface area (Å²) in [5.41, 5.74) is 4.43. The molecule has 1 aromatic rings. The molecule has 1 heteroatoms. The monoisotopic (exact) mass is 175 g/mol. The van der Waals surface area contributed by atoms with Gasteiger partial charge in [0.2, 0.25) is 0 Å². The second-order valence-corrected chi connectivity index (χ2v) is 4.09. The van der Waals surface area contributed by atoms with E-state index in [1.165, 1.54) is 24.1 Å². The average molecular weight is 175 g/mol. The topological polar surface area (TPSA) is 3.24 Å². The quantitative estimate of drug-likeness (QED) is 0.634. The molecule has 0 radical (unpaired) electrons. The second kappa shape index (κ2) is 3.15. The lowest BCUT2D eigenvalue weighted by Gasteiger charge is -2.39. The van der Waals surface area contributed by atoms with Crippen LogP contribution in [-0.4, -0.2) is 18.5 Å². The molecule has 1 unspecified atom stereocenters. The number of rotatable bonds is 1. The Bertz CT molecular complexity index is 297. The van der Waals surface area contributed by atoms with Crippen LogP contribution in [0.5, 0.6) is 0 Å². The lowest BCUT2D eigenvalue weighted by Crippen LogP contribution is -2.38. The Kier molecular flexibility index (Phi) is 2.12. The van der Waals surface area contributed by atoms with Gasteiger partial charge in [0.15, 0.2) is 0 Å². The molecule has 1 atom stereocenters. The number of benzene rings is 1. The van der Waals surface area contributed by atoms with Crippen molar-refractivity contribution in [3.05, 3.63) is 34.9 Å². The lowest BCUT2D eigenvalue weighted by molar-refractivity contribution is 0.126. The highest BCUT2D eigenvalue weighted by atomic mass is 15.2. The maximum absolute atomic E-state index is 2.43. The Balaban J connectivity index is 2.38. The highest BCUT2D eigenvalue weighted by Gasteiger charge is 2.27. The first-order chi connectivity index (χ1) is 6.20. The minimum absolute atomic E-state index is 0.682.